The van der Waals surface area contributed by atoms with E-state index in [1.807, 2.05) is 32.1 Å². The smallest absolute Gasteiger partial charge is 0.129 e. The first-order valence-corrected chi connectivity index (χ1v) is 6.15. The first-order chi connectivity index (χ1) is 7.94. The number of aromatic nitrogens is 1. The minimum absolute atomic E-state index is 0.383. The van der Waals surface area contributed by atoms with E-state index in [-0.39, 0.29) is 0 Å². The fourth-order valence-corrected chi connectivity index (χ4v) is 2.34. The van der Waals surface area contributed by atoms with Crippen molar-refractivity contribution in [3.8, 4) is 0 Å². The molecule has 0 saturated carbocycles. The van der Waals surface area contributed by atoms with Crippen LogP contribution < -0.4 is 0 Å². The molecular formula is C14H16ClNO. The summed E-state index contributed by atoms with van der Waals surface area (Å²) in [6, 6.07) is 3.84. The molecule has 0 saturated heterocycles. The first-order valence-electron chi connectivity index (χ1n) is 5.78. The van der Waals surface area contributed by atoms with Gasteiger partial charge in [0.15, 0.2) is 0 Å². The Bertz CT molecular complexity index is 491. The number of aldehydes is 1. The zero-order valence-corrected chi connectivity index (χ0v) is 11.1. The number of fused-ring (bicyclic) bond motifs is 1. The summed E-state index contributed by atoms with van der Waals surface area (Å²) in [5.41, 5.74) is 2.82. The Labute approximate surface area is 107 Å². The molecule has 90 valence electrons. The monoisotopic (exact) mass is 249 g/mol. The number of carbonyl (C=O) groups excluding carboxylic acids is 1. The van der Waals surface area contributed by atoms with Crippen molar-refractivity contribution in [1.29, 1.82) is 0 Å². The standard InChI is InChI=1S/C14H16ClNO/c1-9-6-10(14(2,3)8-17)7-12-11(9)4-5-13(15)16-12/h4-5,7-9H,6H2,1-3H3. The average Bonchev–Trinajstić information content (AvgIpc) is 2.28. The van der Waals surface area contributed by atoms with Crippen LogP contribution in [-0.4, -0.2) is 11.3 Å². The molecule has 1 aromatic heterocycles. The molecule has 0 spiro atoms. The van der Waals surface area contributed by atoms with Gasteiger partial charge < -0.3 is 4.79 Å². The maximum atomic E-state index is 11.1. The molecule has 1 heterocycles. The van der Waals surface area contributed by atoms with Gasteiger partial charge in [-0.1, -0.05) is 30.2 Å². The van der Waals surface area contributed by atoms with E-state index >= 15 is 0 Å². The van der Waals surface area contributed by atoms with Crippen LogP contribution in [0.4, 0.5) is 0 Å². The van der Waals surface area contributed by atoms with Gasteiger partial charge in [-0.15, -0.1) is 0 Å². The van der Waals surface area contributed by atoms with Gasteiger partial charge in [-0.05, 0) is 43.9 Å². The van der Waals surface area contributed by atoms with Crippen LogP contribution in [0.1, 0.15) is 44.4 Å². The molecule has 1 unspecified atom stereocenters. The predicted octanol–water partition coefficient (Wildman–Crippen LogP) is 3.85. The third kappa shape index (κ3) is 2.27. The number of carbonyl (C=O) groups is 1. The van der Waals surface area contributed by atoms with Crippen molar-refractivity contribution in [2.24, 2.45) is 5.41 Å². The molecule has 17 heavy (non-hydrogen) atoms. The second-order valence-corrected chi connectivity index (χ2v) is 5.61. The van der Waals surface area contributed by atoms with Gasteiger partial charge >= 0.3 is 0 Å². The molecule has 1 atom stereocenters. The highest BCUT2D eigenvalue weighted by atomic mass is 35.5. The van der Waals surface area contributed by atoms with Crippen molar-refractivity contribution in [2.45, 2.75) is 33.1 Å². The van der Waals surface area contributed by atoms with Crippen LogP contribution in [0.2, 0.25) is 5.15 Å². The van der Waals surface area contributed by atoms with E-state index in [1.54, 1.807) is 0 Å². The van der Waals surface area contributed by atoms with Crippen molar-refractivity contribution in [2.75, 3.05) is 0 Å². The Morgan fingerprint density at radius 1 is 1.47 bits per heavy atom. The van der Waals surface area contributed by atoms with Crippen LogP contribution >= 0.6 is 11.6 Å². The molecule has 1 aliphatic carbocycles. The molecule has 2 rings (SSSR count). The highest BCUT2D eigenvalue weighted by Crippen LogP contribution is 2.39. The topological polar surface area (TPSA) is 30.0 Å². The fourth-order valence-electron chi connectivity index (χ4n) is 2.18. The van der Waals surface area contributed by atoms with Crippen LogP contribution in [-0.2, 0) is 4.79 Å². The molecule has 1 aromatic rings. The summed E-state index contributed by atoms with van der Waals surface area (Å²) in [7, 11) is 0. The third-order valence-corrected chi connectivity index (χ3v) is 3.62. The van der Waals surface area contributed by atoms with E-state index in [1.165, 1.54) is 5.56 Å². The van der Waals surface area contributed by atoms with Crippen LogP contribution in [0, 0.1) is 5.41 Å². The quantitative estimate of drug-likeness (QED) is 0.589. The maximum absolute atomic E-state index is 11.1. The van der Waals surface area contributed by atoms with Gasteiger partial charge in [-0.2, -0.15) is 0 Å². The molecule has 0 amide bonds. The number of hydrogen-bond acceptors (Lipinski definition) is 2. The lowest BCUT2D eigenvalue weighted by Crippen LogP contribution is -2.20. The van der Waals surface area contributed by atoms with Crippen molar-refractivity contribution >= 4 is 24.0 Å². The van der Waals surface area contributed by atoms with Crippen molar-refractivity contribution in [3.05, 3.63) is 34.1 Å². The highest BCUT2D eigenvalue weighted by Gasteiger charge is 2.28. The zero-order chi connectivity index (χ0) is 12.6. The van der Waals surface area contributed by atoms with E-state index < -0.39 is 5.41 Å². The average molecular weight is 250 g/mol. The largest absolute Gasteiger partial charge is 0.302 e. The molecular weight excluding hydrogens is 234 g/mol. The Hall–Kier alpha value is -1.15. The second kappa shape index (κ2) is 4.26. The zero-order valence-electron chi connectivity index (χ0n) is 10.3. The summed E-state index contributed by atoms with van der Waals surface area (Å²) in [6.07, 6.45) is 3.92. The van der Waals surface area contributed by atoms with Gasteiger partial charge in [0.25, 0.3) is 0 Å². The molecule has 0 bridgehead atoms. The first kappa shape index (κ1) is 12.3. The van der Waals surface area contributed by atoms with E-state index in [0.717, 1.165) is 24.0 Å². The number of halogens is 1. The predicted molar refractivity (Wildman–Crippen MR) is 70.1 cm³/mol. The minimum atomic E-state index is -0.421. The summed E-state index contributed by atoms with van der Waals surface area (Å²) in [5.74, 6) is 0.383. The SMILES string of the molecule is CC1CC(C(C)(C)C=O)=Cc2nc(Cl)ccc21. The van der Waals surface area contributed by atoms with E-state index in [0.29, 0.717) is 11.1 Å². The Morgan fingerprint density at radius 3 is 2.82 bits per heavy atom. The lowest BCUT2D eigenvalue weighted by atomic mass is 9.75. The Morgan fingerprint density at radius 2 is 2.18 bits per heavy atom. The van der Waals surface area contributed by atoms with Gasteiger partial charge in [-0.3, -0.25) is 0 Å². The van der Waals surface area contributed by atoms with Crippen LogP contribution in [0.25, 0.3) is 6.08 Å². The number of rotatable bonds is 2. The maximum Gasteiger partial charge on any atom is 0.129 e. The Balaban J connectivity index is 2.52. The van der Waals surface area contributed by atoms with E-state index in [9.17, 15) is 4.79 Å². The molecule has 2 nitrogen and oxygen atoms in total. The number of allylic oxidation sites excluding steroid dienone is 1. The molecule has 0 fully saturated rings. The summed E-state index contributed by atoms with van der Waals surface area (Å²) in [4.78, 5) is 15.5. The van der Waals surface area contributed by atoms with Crippen molar-refractivity contribution in [3.63, 3.8) is 0 Å². The van der Waals surface area contributed by atoms with Gasteiger partial charge in [0.1, 0.15) is 11.4 Å². The Kier molecular flexibility index (Phi) is 3.09. The summed E-state index contributed by atoms with van der Waals surface area (Å²) in [6.45, 7) is 6.03. The van der Waals surface area contributed by atoms with E-state index in [2.05, 4.69) is 11.9 Å². The molecule has 0 aliphatic heterocycles. The van der Waals surface area contributed by atoms with E-state index in [4.69, 9.17) is 11.6 Å². The minimum Gasteiger partial charge on any atom is -0.302 e. The second-order valence-electron chi connectivity index (χ2n) is 5.22. The molecule has 0 radical (unpaired) electrons. The van der Waals surface area contributed by atoms with Crippen LogP contribution in [0.3, 0.4) is 0 Å². The van der Waals surface area contributed by atoms with Crippen LogP contribution in [0.5, 0.6) is 0 Å². The molecule has 3 heteroatoms. The van der Waals surface area contributed by atoms with Gasteiger partial charge in [0.05, 0.1) is 5.69 Å². The van der Waals surface area contributed by atoms with Crippen molar-refractivity contribution < 1.29 is 4.79 Å². The lowest BCUT2D eigenvalue weighted by molar-refractivity contribution is -0.113. The summed E-state index contributed by atoms with van der Waals surface area (Å²) < 4.78 is 0. The molecule has 0 N–H and O–H groups in total. The molecule has 0 aromatic carbocycles. The summed E-state index contributed by atoms with van der Waals surface area (Å²) in [5, 5.41) is 0.498. The number of nitrogens with zero attached hydrogens (tertiary/aromatic N) is 1. The van der Waals surface area contributed by atoms with Gasteiger partial charge in [0, 0.05) is 5.41 Å². The summed E-state index contributed by atoms with van der Waals surface area (Å²) >= 11 is 5.91. The fraction of sp³-hybridized carbons (Fsp3) is 0.429. The third-order valence-electron chi connectivity index (χ3n) is 3.41. The number of hydrogen-bond donors (Lipinski definition) is 0. The van der Waals surface area contributed by atoms with Gasteiger partial charge in [0.2, 0.25) is 0 Å². The number of pyridine rings is 1. The normalized spacial score (nSPS) is 19.5. The van der Waals surface area contributed by atoms with Crippen LogP contribution in [0.15, 0.2) is 17.7 Å². The lowest BCUT2D eigenvalue weighted by Gasteiger charge is -2.29. The highest BCUT2D eigenvalue weighted by molar-refractivity contribution is 6.29. The van der Waals surface area contributed by atoms with Gasteiger partial charge in [-0.25, -0.2) is 4.98 Å². The molecule has 1 aliphatic rings. The van der Waals surface area contributed by atoms with Crippen molar-refractivity contribution in [1.82, 2.24) is 4.98 Å².